The highest BCUT2D eigenvalue weighted by Gasteiger charge is 2.25. The minimum atomic E-state index is -0.123. The molecule has 3 N–H and O–H groups in total. The normalized spacial score (nSPS) is 24.3. The van der Waals surface area contributed by atoms with Gasteiger partial charge in [0.05, 0.1) is 5.69 Å². The third-order valence-corrected chi connectivity index (χ3v) is 4.13. The van der Waals surface area contributed by atoms with Gasteiger partial charge in [-0.15, -0.1) is 0 Å². The number of nitrogens with one attached hydrogen (secondary N) is 1. The number of likely N-dealkylation sites (tertiary alicyclic amines) is 1. The fourth-order valence-electron chi connectivity index (χ4n) is 2.83. The van der Waals surface area contributed by atoms with Gasteiger partial charge in [0.25, 0.3) is 11.3 Å². The van der Waals surface area contributed by atoms with Gasteiger partial charge in [0.2, 0.25) is 0 Å². The third-order valence-electron chi connectivity index (χ3n) is 4.13. The van der Waals surface area contributed by atoms with Gasteiger partial charge >= 0.3 is 0 Å². The second-order valence-corrected chi connectivity index (χ2v) is 5.57. The fraction of sp³-hybridized carbons (Fsp3) is 0.615. The first-order valence-electron chi connectivity index (χ1n) is 7.03. The van der Waals surface area contributed by atoms with Crippen LogP contribution < -0.4 is 11.3 Å². The van der Waals surface area contributed by atoms with Gasteiger partial charge in [-0.05, 0) is 32.2 Å². The van der Waals surface area contributed by atoms with Crippen LogP contribution in [0.3, 0.4) is 0 Å². The summed E-state index contributed by atoms with van der Waals surface area (Å²) in [6, 6.07) is 2.07. The summed E-state index contributed by atoms with van der Waals surface area (Å²) in [6.07, 6.45) is 3.80. The number of aromatic amines is 1. The summed E-state index contributed by atoms with van der Waals surface area (Å²) in [5.74, 6) is 0.967. The molecule has 108 valence electrons. The molecule has 0 amide bonds. The van der Waals surface area contributed by atoms with E-state index in [2.05, 4.69) is 26.9 Å². The van der Waals surface area contributed by atoms with Crippen molar-refractivity contribution in [2.45, 2.75) is 32.4 Å². The first-order chi connectivity index (χ1) is 9.67. The Hall–Kier alpha value is -1.73. The maximum atomic E-state index is 11.9. The Balaban J connectivity index is 1.82. The quantitative estimate of drug-likeness (QED) is 0.821. The van der Waals surface area contributed by atoms with Crippen molar-refractivity contribution < 1.29 is 0 Å². The summed E-state index contributed by atoms with van der Waals surface area (Å²) in [5, 5.41) is 2.74. The van der Waals surface area contributed by atoms with Crippen molar-refractivity contribution >= 4 is 5.78 Å². The van der Waals surface area contributed by atoms with E-state index in [9.17, 15) is 4.79 Å². The molecule has 1 aliphatic heterocycles. The van der Waals surface area contributed by atoms with E-state index in [0.717, 1.165) is 25.2 Å². The molecule has 2 atom stereocenters. The van der Waals surface area contributed by atoms with Crippen LogP contribution in [0, 0.1) is 5.92 Å². The van der Waals surface area contributed by atoms with E-state index in [4.69, 9.17) is 5.73 Å². The molecule has 7 heteroatoms. The van der Waals surface area contributed by atoms with Crippen LogP contribution >= 0.6 is 0 Å². The minimum Gasteiger partial charge on any atom is -0.330 e. The molecule has 0 radical (unpaired) electrons. The molecule has 0 saturated carbocycles. The molecule has 2 unspecified atom stereocenters. The fourth-order valence-corrected chi connectivity index (χ4v) is 2.83. The second-order valence-electron chi connectivity index (χ2n) is 5.57. The predicted octanol–water partition coefficient (Wildman–Crippen LogP) is -0.0232. The maximum Gasteiger partial charge on any atom is 0.274 e. The molecule has 0 aromatic carbocycles. The van der Waals surface area contributed by atoms with Crippen LogP contribution in [0.4, 0.5) is 0 Å². The van der Waals surface area contributed by atoms with Crippen molar-refractivity contribution in [1.82, 2.24) is 24.5 Å². The lowest BCUT2D eigenvalue weighted by molar-refractivity contribution is 0.112. The van der Waals surface area contributed by atoms with E-state index in [1.165, 1.54) is 17.3 Å². The van der Waals surface area contributed by atoms with Crippen LogP contribution in [-0.4, -0.2) is 43.6 Å². The number of nitrogens with two attached hydrogens (primary N) is 1. The third kappa shape index (κ3) is 2.46. The summed E-state index contributed by atoms with van der Waals surface area (Å²) in [5.41, 5.74) is 6.43. The standard InChI is InChI=1S/C13H20N6O/c1-9-2-3-10(5-14)6-18(9)7-11-4-12(20)19-13(17-11)15-8-16-19/h4,8-10H,2-3,5-7,14H2,1H3,(H,15,16,17). The molecule has 0 spiro atoms. The van der Waals surface area contributed by atoms with E-state index in [1.807, 2.05) is 0 Å². The highest BCUT2D eigenvalue weighted by molar-refractivity contribution is 5.26. The average molecular weight is 276 g/mol. The smallest absolute Gasteiger partial charge is 0.274 e. The molecule has 7 nitrogen and oxygen atoms in total. The van der Waals surface area contributed by atoms with Crippen molar-refractivity contribution in [1.29, 1.82) is 0 Å². The largest absolute Gasteiger partial charge is 0.330 e. The zero-order valence-electron chi connectivity index (χ0n) is 11.6. The number of hydrogen-bond acceptors (Lipinski definition) is 5. The lowest BCUT2D eigenvalue weighted by atomic mass is 9.93. The lowest BCUT2D eigenvalue weighted by Crippen LogP contribution is -2.43. The van der Waals surface area contributed by atoms with Crippen LogP contribution in [0.2, 0.25) is 0 Å². The van der Waals surface area contributed by atoms with E-state index in [1.54, 1.807) is 6.07 Å². The Morgan fingerprint density at radius 3 is 3.15 bits per heavy atom. The molecule has 1 aliphatic rings. The van der Waals surface area contributed by atoms with E-state index in [0.29, 0.717) is 24.3 Å². The molecule has 3 heterocycles. The summed E-state index contributed by atoms with van der Waals surface area (Å²) < 4.78 is 1.34. The summed E-state index contributed by atoms with van der Waals surface area (Å²) in [7, 11) is 0. The second kappa shape index (κ2) is 5.34. The van der Waals surface area contributed by atoms with Crippen molar-refractivity contribution in [3.8, 4) is 0 Å². The lowest BCUT2D eigenvalue weighted by Gasteiger charge is -2.37. The van der Waals surface area contributed by atoms with Crippen LogP contribution in [0.15, 0.2) is 17.2 Å². The zero-order valence-corrected chi connectivity index (χ0v) is 11.6. The Morgan fingerprint density at radius 2 is 2.35 bits per heavy atom. The van der Waals surface area contributed by atoms with E-state index in [-0.39, 0.29) is 5.56 Å². The van der Waals surface area contributed by atoms with Gasteiger partial charge in [0, 0.05) is 25.2 Å². The van der Waals surface area contributed by atoms with Gasteiger partial charge in [-0.3, -0.25) is 14.8 Å². The number of aromatic nitrogens is 4. The number of piperidine rings is 1. The molecule has 0 bridgehead atoms. The predicted molar refractivity (Wildman–Crippen MR) is 75.3 cm³/mol. The highest BCUT2D eigenvalue weighted by atomic mass is 16.1. The van der Waals surface area contributed by atoms with Gasteiger partial charge in [0.15, 0.2) is 0 Å². The van der Waals surface area contributed by atoms with Crippen LogP contribution in [0.5, 0.6) is 0 Å². The number of fused-ring (bicyclic) bond motifs is 1. The molecule has 1 saturated heterocycles. The number of hydrogen-bond donors (Lipinski definition) is 2. The molecule has 20 heavy (non-hydrogen) atoms. The van der Waals surface area contributed by atoms with Gasteiger partial charge in [-0.1, -0.05) is 0 Å². The Labute approximate surface area is 116 Å². The molecular formula is C13H20N6O. The molecule has 3 rings (SSSR count). The van der Waals surface area contributed by atoms with E-state index < -0.39 is 0 Å². The van der Waals surface area contributed by atoms with Crippen LogP contribution in [0.1, 0.15) is 25.5 Å². The van der Waals surface area contributed by atoms with Gasteiger partial charge in [0.1, 0.15) is 6.33 Å². The van der Waals surface area contributed by atoms with E-state index >= 15 is 0 Å². The van der Waals surface area contributed by atoms with Crippen molar-refractivity contribution in [3.63, 3.8) is 0 Å². The molecular weight excluding hydrogens is 256 g/mol. The number of rotatable bonds is 3. The van der Waals surface area contributed by atoms with Gasteiger partial charge in [-0.2, -0.15) is 4.52 Å². The summed E-state index contributed by atoms with van der Waals surface area (Å²) in [6.45, 7) is 4.58. The zero-order chi connectivity index (χ0) is 14.1. The Morgan fingerprint density at radius 1 is 1.50 bits per heavy atom. The molecule has 2 aromatic rings. The molecule has 2 aromatic heterocycles. The maximum absolute atomic E-state index is 11.9. The van der Waals surface area contributed by atoms with Gasteiger partial charge in [-0.25, -0.2) is 9.97 Å². The van der Waals surface area contributed by atoms with Crippen molar-refractivity contribution in [2.24, 2.45) is 11.7 Å². The van der Waals surface area contributed by atoms with Crippen molar-refractivity contribution in [2.75, 3.05) is 13.1 Å². The van der Waals surface area contributed by atoms with Crippen molar-refractivity contribution in [3.05, 3.63) is 28.4 Å². The topological polar surface area (TPSA) is 92.3 Å². The monoisotopic (exact) mass is 276 g/mol. The molecule has 1 fully saturated rings. The first-order valence-corrected chi connectivity index (χ1v) is 7.03. The average Bonchev–Trinajstić information content (AvgIpc) is 2.90. The SMILES string of the molecule is CC1CCC(CN)CN1Cc1cc(=O)n2[nH]cnc2n1. The van der Waals surface area contributed by atoms with Crippen LogP contribution in [0.25, 0.3) is 5.78 Å². The minimum absolute atomic E-state index is 0.123. The first kappa shape index (κ1) is 13.3. The highest BCUT2D eigenvalue weighted by Crippen LogP contribution is 2.22. The summed E-state index contributed by atoms with van der Waals surface area (Å²) in [4.78, 5) is 22.7. The summed E-state index contributed by atoms with van der Waals surface area (Å²) >= 11 is 0. The van der Waals surface area contributed by atoms with Crippen LogP contribution in [-0.2, 0) is 6.54 Å². The van der Waals surface area contributed by atoms with Gasteiger partial charge < -0.3 is 5.73 Å². The molecule has 0 aliphatic carbocycles. The Kier molecular flexibility index (Phi) is 3.54. The number of H-pyrrole nitrogens is 1. The Bertz CT molecular complexity index is 648. The number of nitrogens with zero attached hydrogens (tertiary/aromatic N) is 4.